The summed E-state index contributed by atoms with van der Waals surface area (Å²) in [5, 5.41) is 8.70. The van der Waals surface area contributed by atoms with Gasteiger partial charge in [-0.2, -0.15) is 5.26 Å². The quantitative estimate of drug-likeness (QED) is 0.710. The Morgan fingerprint density at radius 2 is 2.22 bits per heavy atom. The first kappa shape index (κ1) is 14.3. The molecule has 3 heterocycles. The average molecular weight is 308 g/mol. The highest BCUT2D eigenvalue weighted by Crippen LogP contribution is 2.22. The molecule has 3 aromatic rings. The number of amides is 1. The van der Waals surface area contributed by atoms with Gasteiger partial charge < -0.3 is 10.7 Å². The van der Waals surface area contributed by atoms with Crippen LogP contribution in [0, 0.1) is 17.1 Å². The normalized spacial score (nSPS) is 11.0. The first-order valence-corrected chi connectivity index (χ1v) is 6.46. The zero-order chi connectivity index (χ0) is 16.4. The van der Waals surface area contributed by atoms with Crippen LogP contribution >= 0.6 is 0 Å². The molecule has 0 aliphatic heterocycles. The van der Waals surface area contributed by atoms with Crippen molar-refractivity contribution < 1.29 is 9.18 Å². The van der Waals surface area contributed by atoms with Crippen LogP contribution in [0.1, 0.15) is 11.3 Å². The highest BCUT2D eigenvalue weighted by molar-refractivity contribution is 5.93. The molecular formula is C15H9FN6O. The number of hydrogen-bond acceptors (Lipinski definition) is 5. The van der Waals surface area contributed by atoms with Crippen LogP contribution in [-0.4, -0.2) is 25.8 Å². The van der Waals surface area contributed by atoms with Gasteiger partial charge in [0.05, 0.1) is 11.9 Å². The van der Waals surface area contributed by atoms with Crippen molar-refractivity contribution in [2.45, 2.75) is 0 Å². The summed E-state index contributed by atoms with van der Waals surface area (Å²) < 4.78 is 13.7. The lowest BCUT2D eigenvalue weighted by Gasteiger charge is -2.01. The Hall–Kier alpha value is -3.60. The minimum atomic E-state index is -0.727. The molecule has 112 valence electrons. The second-order valence-electron chi connectivity index (χ2n) is 4.60. The fourth-order valence-corrected chi connectivity index (χ4v) is 2.01. The van der Waals surface area contributed by atoms with E-state index in [1.165, 1.54) is 30.6 Å². The third-order valence-electron chi connectivity index (χ3n) is 3.08. The van der Waals surface area contributed by atoms with Crippen molar-refractivity contribution in [3.63, 3.8) is 0 Å². The first-order valence-electron chi connectivity index (χ1n) is 6.46. The minimum Gasteiger partial charge on any atom is -0.366 e. The maximum Gasteiger partial charge on any atom is 0.241 e. The van der Waals surface area contributed by atoms with E-state index < -0.39 is 11.7 Å². The number of nitrogens with two attached hydrogens (primary N) is 1. The Kier molecular flexibility index (Phi) is 3.52. The fraction of sp³-hybridized carbons (Fsp3) is 0. The SMILES string of the molecule is N#Cc1ncc(-c2cnc3[nH]cc(/C=C/C(N)=O)c3n2)cc1F. The zero-order valence-electron chi connectivity index (χ0n) is 11.6. The van der Waals surface area contributed by atoms with E-state index in [-0.39, 0.29) is 5.69 Å². The Labute approximate surface area is 129 Å². The number of carbonyl (C=O) groups excluding carboxylic acids is 1. The van der Waals surface area contributed by atoms with Gasteiger partial charge in [0, 0.05) is 29.6 Å². The fourth-order valence-electron chi connectivity index (χ4n) is 2.01. The minimum absolute atomic E-state index is 0.283. The molecule has 0 bridgehead atoms. The number of hydrogen-bond donors (Lipinski definition) is 2. The monoisotopic (exact) mass is 308 g/mol. The summed E-state index contributed by atoms with van der Waals surface area (Å²) in [6, 6.07) is 2.83. The lowest BCUT2D eigenvalue weighted by Crippen LogP contribution is -2.05. The van der Waals surface area contributed by atoms with Gasteiger partial charge in [0.2, 0.25) is 5.91 Å². The topological polar surface area (TPSA) is 121 Å². The number of nitriles is 1. The number of rotatable bonds is 3. The van der Waals surface area contributed by atoms with Gasteiger partial charge in [-0.25, -0.2) is 19.3 Å². The number of aromatic amines is 1. The van der Waals surface area contributed by atoms with Crippen molar-refractivity contribution in [2.24, 2.45) is 5.73 Å². The number of primary amides is 1. The maximum atomic E-state index is 13.7. The van der Waals surface area contributed by atoms with Crippen LogP contribution in [0.25, 0.3) is 28.5 Å². The van der Waals surface area contributed by atoms with E-state index in [4.69, 9.17) is 11.0 Å². The summed E-state index contributed by atoms with van der Waals surface area (Å²) in [5.41, 5.74) is 7.21. The highest BCUT2D eigenvalue weighted by atomic mass is 19.1. The Bertz CT molecular complexity index is 985. The predicted octanol–water partition coefficient (Wildman–Crippen LogP) is 1.53. The van der Waals surface area contributed by atoms with E-state index in [9.17, 15) is 9.18 Å². The molecule has 3 rings (SSSR count). The van der Waals surface area contributed by atoms with Crippen molar-refractivity contribution in [2.75, 3.05) is 0 Å². The van der Waals surface area contributed by atoms with Crippen molar-refractivity contribution in [1.82, 2.24) is 19.9 Å². The number of carbonyl (C=O) groups is 1. The largest absolute Gasteiger partial charge is 0.366 e. The molecule has 0 aromatic carbocycles. The maximum absolute atomic E-state index is 13.7. The van der Waals surface area contributed by atoms with E-state index in [0.717, 1.165) is 0 Å². The van der Waals surface area contributed by atoms with Crippen molar-refractivity contribution in [3.8, 4) is 17.3 Å². The molecule has 1 amide bonds. The zero-order valence-corrected chi connectivity index (χ0v) is 11.6. The number of aromatic nitrogens is 4. The summed E-state index contributed by atoms with van der Waals surface area (Å²) >= 11 is 0. The lowest BCUT2D eigenvalue weighted by molar-refractivity contribution is -0.113. The molecule has 0 saturated heterocycles. The standard InChI is InChI=1S/C15H9FN6O/c16-10-3-9(6-19-11(10)4-17)12-7-21-15-14(22-12)8(5-20-15)1-2-13(18)23/h1-3,5-7H,(H2,18,23)(H,20,21)/b2-1+. The third-order valence-corrected chi connectivity index (χ3v) is 3.08. The van der Waals surface area contributed by atoms with Gasteiger partial charge in [-0.1, -0.05) is 0 Å². The molecule has 0 saturated carbocycles. The predicted molar refractivity (Wildman–Crippen MR) is 80.0 cm³/mol. The average Bonchev–Trinajstić information content (AvgIpc) is 2.95. The first-order chi connectivity index (χ1) is 11.1. The molecule has 8 heteroatoms. The molecule has 0 unspecified atom stereocenters. The van der Waals surface area contributed by atoms with Gasteiger partial charge >= 0.3 is 0 Å². The molecule has 0 radical (unpaired) electrons. The molecule has 23 heavy (non-hydrogen) atoms. The van der Waals surface area contributed by atoms with Crippen LogP contribution in [0.15, 0.2) is 30.7 Å². The molecule has 3 N–H and O–H groups in total. The number of fused-ring (bicyclic) bond motifs is 1. The Morgan fingerprint density at radius 3 is 2.91 bits per heavy atom. The second-order valence-corrected chi connectivity index (χ2v) is 4.60. The van der Waals surface area contributed by atoms with E-state index in [1.54, 1.807) is 12.3 Å². The van der Waals surface area contributed by atoms with Crippen LogP contribution in [0.3, 0.4) is 0 Å². The summed E-state index contributed by atoms with van der Waals surface area (Å²) in [6.07, 6.45) is 7.16. The van der Waals surface area contributed by atoms with E-state index in [1.807, 2.05) is 0 Å². The second kappa shape index (κ2) is 5.65. The Balaban J connectivity index is 2.09. The third kappa shape index (κ3) is 2.75. The van der Waals surface area contributed by atoms with Gasteiger partial charge in [0.25, 0.3) is 0 Å². The summed E-state index contributed by atoms with van der Waals surface area (Å²) in [6.45, 7) is 0. The number of nitrogens with one attached hydrogen (secondary N) is 1. The van der Waals surface area contributed by atoms with E-state index >= 15 is 0 Å². The van der Waals surface area contributed by atoms with Crippen LogP contribution in [0.5, 0.6) is 0 Å². The molecule has 0 aliphatic carbocycles. The van der Waals surface area contributed by atoms with Gasteiger partial charge in [0.15, 0.2) is 17.2 Å². The van der Waals surface area contributed by atoms with Gasteiger partial charge in [0.1, 0.15) is 11.6 Å². The number of H-pyrrole nitrogens is 1. The number of halogens is 1. The molecule has 0 spiro atoms. The van der Waals surface area contributed by atoms with E-state index in [0.29, 0.717) is 28.0 Å². The van der Waals surface area contributed by atoms with Crippen LogP contribution in [0.2, 0.25) is 0 Å². The van der Waals surface area contributed by atoms with Crippen molar-refractivity contribution in [1.29, 1.82) is 5.26 Å². The van der Waals surface area contributed by atoms with Crippen molar-refractivity contribution >= 4 is 23.1 Å². The molecule has 0 atom stereocenters. The van der Waals surface area contributed by atoms with Gasteiger partial charge in [-0.15, -0.1) is 0 Å². The highest BCUT2D eigenvalue weighted by Gasteiger charge is 2.10. The molecule has 0 aliphatic rings. The van der Waals surface area contributed by atoms with Crippen molar-refractivity contribution in [3.05, 3.63) is 47.8 Å². The van der Waals surface area contributed by atoms with E-state index in [2.05, 4.69) is 19.9 Å². The Morgan fingerprint density at radius 1 is 1.39 bits per heavy atom. The summed E-state index contributed by atoms with van der Waals surface area (Å²) in [7, 11) is 0. The molecule has 7 nitrogen and oxygen atoms in total. The van der Waals surface area contributed by atoms with Gasteiger partial charge in [-0.05, 0) is 12.1 Å². The molecular weight excluding hydrogens is 299 g/mol. The van der Waals surface area contributed by atoms with Crippen LogP contribution in [-0.2, 0) is 4.79 Å². The summed E-state index contributed by atoms with van der Waals surface area (Å²) in [5.74, 6) is -1.31. The van der Waals surface area contributed by atoms with Gasteiger partial charge in [-0.3, -0.25) is 4.79 Å². The smallest absolute Gasteiger partial charge is 0.241 e. The number of pyridine rings is 1. The lowest BCUT2D eigenvalue weighted by atomic mass is 10.2. The number of nitrogens with zero attached hydrogens (tertiary/aromatic N) is 4. The van der Waals surface area contributed by atoms with Crippen LogP contribution in [0.4, 0.5) is 4.39 Å². The summed E-state index contributed by atoms with van der Waals surface area (Å²) in [4.78, 5) is 26.1. The molecule has 3 aromatic heterocycles. The van der Waals surface area contributed by atoms with Crippen LogP contribution < -0.4 is 5.73 Å². The molecule has 0 fully saturated rings.